The van der Waals surface area contributed by atoms with Crippen molar-refractivity contribution in [1.29, 1.82) is 0 Å². The second-order valence-corrected chi connectivity index (χ2v) is 6.41. The largest absolute Gasteiger partial charge is 0.490 e. The Labute approximate surface area is 145 Å². The number of carbonyl (C=O) groups excluding carboxylic acids is 1. The van der Waals surface area contributed by atoms with E-state index in [1.807, 2.05) is 0 Å². The molecule has 138 valence electrons. The molecule has 1 aromatic carbocycles. The number of aliphatic carboxylic acids is 1. The van der Waals surface area contributed by atoms with Crippen LogP contribution in [-0.4, -0.2) is 52.8 Å². The minimum Gasteiger partial charge on any atom is -0.490 e. The molecule has 0 saturated heterocycles. The highest BCUT2D eigenvalue weighted by Crippen LogP contribution is 2.28. The Hall–Kier alpha value is -2.84. The molecule has 1 unspecified atom stereocenters. The van der Waals surface area contributed by atoms with Crippen molar-refractivity contribution in [3.63, 3.8) is 0 Å². The lowest BCUT2D eigenvalue weighted by atomic mass is 10.0. The number of benzene rings is 1. The van der Waals surface area contributed by atoms with Crippen LogP contribution in [0.5, 0.6) is 5.75 Å². The second-order valence-electron chi connectivity index (χ2n) is 6.41. The van der Waals surface area contributed by atoms with Crippen LogP contribution >= 0.6 is 0 Å². The van der Waals surface area contributed by atoms with Gasteiger partial charge in [0.1, 0.15) is 11.6 Å². The Kier molecular flexibility index (Phi) is 6.32. The first kappa shape index (κ1) is 20.2. The molecular weight excluding hydrogens is 332 g/mol. The lowest BCUT2D eigenvalue weighted by molar-refractivity contribution is -0.385. The van der Waals surface area contributed by atoms with E-state index in [0.717, 1.165) is 4.90 Å². The molecule has 1 atom stereocenters. The maximum Gasteiger partial charge on any atom is 0.410 e. The number of carboxylic acids is 1. The van der Waals surface area contributed by atoms with Gasteiger partial charge in [0.05, 0.1) is 12.0 Å². The summed E-state index contributed by atoms with van der Waals surface area (Å²) in [6, 6.07) is 2.91. The summed E-state index contributed by atoms with van der Waals surface area (Å²) in [7, 11) is 2.61. The highest BCUT2D eigenvalue weighted by atomic mass is 16.6. The SMILES string of the molecule is COc1ccc(CC(C(=O)O)N(C)C(=O)OC(C)(C)C)cc1[N+](=O)[O-]. The van der Waals surface area contributed by atoms with Crippen LogP contribution in [0, 0.1) is 10.1 Å². The number of likely N-dealkylation sites (N-methyl/N-ethyl adjacent to an activating group) is 1. The van der Waals surface area contributed by atoms with Gasteiger partial charge in [-0.05, 0) is 32.4 Å². The van der Waals surface area contributed by atoms with Gasteiger partial charge in [-0.3, -0.25) is 15.0 Å². The molecule has 0 heterocycles. The molecule has 9 heteroatoms. The molecule has 1 amide bonds. The number of nitro benzene ring substituents is 1. The van der Waals surface area contributed by atoms with E-state index in [4.69, 9.17) is 9.47 Å². The third kappa shape index (κ3) is 5.63. The topological polar surface area (TPSA) is 119 Å². The van der Waals surface area contributed by atoms with Crippen LogP contribution in [0.1, 0.15) is 26.3 Å². The van der Waals surface area contributed by atoms with Crippen LogP contribution in [0.4, 0.5) is 10.5 Å². The van der Waals surface area contributed by atoms with Gasteiger partial charge in [-0.1, -0.05) is 6.07 Å². The van der Waals surface area contributed by atoms with Gasteiger partial charge in [-0.25, -0.2) is 9.59 Å². The van der Waals surface area contributed by atoms with Gasteiger partial charge in [0, 0.05) is 19.5 Å². The Morgan fingerprint density at radius 1 is 1.36 bits per heavy atom. The fourth-order valence-corrected chi connectivity index (χ4v) is 2.08. The fraction of sp³-hybridized carbons (Fsp3) is 0.500. The number of hydrogen-bond donors (Lipinski definition) is 1. The van der Waals surface area contributed by atoms with Crippen molar-refractivity contribution >= 4 is 17.7 Å². The van der Waals surface area contributed by atoms with Crippen molar-refractivity contribution in [1.82, 2.24) is 4.90 Å². The van der Waals surface area contributed by atoms with Crippen molar-refractivity contribution in [2.45, 2.75) is 38.8 Å². The summed E-state index contributed by atoms with van der Waals surface area (Å²) in [6.07, 6.45) is -0.904. The highest BCUT2D eigenvalue weighted by Gasteiger charge is 2.31. The first-order chi connectivity index (χ1) is 11.5. The first-order valence-corrected chi connectivity index (χ1v) is 7.46. The summed E-state index contributed by atoms with van der Waals surface area (Å²) in [5.74, 6) is -1.17. The summed E-state index contributed by atoms with van der Waals surface area (Å²) >= 11 is 0. The van der Waals surface area contributed by atoms with E-state index in [2.05, 4.69) is 0 Å². The van der Waals surface area contributed by atoms with Crippen LogP contribution in [0.2, 0.25) is 0 Å². The number of ether oxygens (including phenoxy) is 2. The summed E-state index contributed by atoms with van der Waals surface area (Å²) < 4.78 is 10.1. The third-order valence-corrected chi connectivity index (χ3v) is 3.30. The minimum absolute atomic E-state index is 0.0705. The van der Waals surface area contributed by atoms with E-state index in [9.17, 15) is 24.8 Å². The van der Waals surface area contributed by atoms with Gasteiger partial charge >= 0.3 is 17.7 Å². The molecule has 1 N–H and O–H groups in total. The van der Waals surface area contributed by atoms with Gasteiger partial charge in [0.2, 0.25) is 0 Å². The van der Waals surface area contributed by atoms with E-state index in [1.54, 1.807) is 20.8 Å². The van der Waals surface area contributed by atoms with Crippen molar-refractivity contribution < 1.29 is 29.1 Å². The smallest absolute Gasteiger partial charge is 0.410 e. The number of amides is 1. The van der Waals surface area contributed by atoms with Crippen LogP contribution in [-0.2, 0) is 16.0 Å². The molecular formula is C16H22N2O7. The van der Waals surface area contributed by atoms with Crippen molar-refractivity contribution in [2.24, 2.45) is 0 Å². The zero-order chi connectivity index (χ0) is 19.4. The Bertz CT molecular complexity index is 667. The molecule has 0 aliphatic carbocycles. The third-order valence-electron chi connectivity index (χ3n) is 3.30. The number of nitro groups is 1. The van der Waals surface area contributed by atoms with Gasteiger partial charge in [-0.15, -0.1) is 0 Å². The molecule has 25 heavy (non-hydrogen) atoms. The monoisotopic (exact) mass is 354 g/mol. The molecule has 0 aliphatic rings. The van der Waals surface area contributed by atoms with Gasteiger partial charge in [-0.2, -0.15) is 0 Å². The standard InChI is InChI=1S/C16H22N2O7/c1-16(2,3)25-15(21)17(4)12(14(19)20)9-10-6-7-13(24-5)11(8-10)18(22)23/h6-8,12H,9H2,1-5H3,(H,19,20). The average molecular weight is 354 g/mol. The molecule has 0 bridgehead atoms. The second kappa shape index (κ2) is 7.82. The van der Waals surface area contributed by atoms with Crippen LogP contribution in [0.25, 0.3) is 0 Å². The molecule has 1 rings (SSSR count). The minimum atomic E-state index is -1.24. The molecule has 0 saturated carbocycles. The predicted molar refractivity (Wildman–Crippen MR) is 88.8 cm³/mol. The van der Waals surface area contributed by atoms with Crippen molar-refractivity contribution in [3.8, 4) is 5.75 Å². The zero-order valence-electron chi connectivity index (χ0n) is 14.8. The normalized spacial score (nSPS) is 12.2. The lowest BCUT2D eigenvalue weighted by Gasteiger charge is -2.28. The molecule has 0 radical (unpaired) electrons. The van der Waals surface area contributed by atoms with Gasteiger partial charge in [0.25, 0.3) is 0 Å². The van der Waals surface area contributed by atoms with Crippen molar-refractivity contribution in [3.05, 3.63) is 33.9 Å². The fourth-order valence-electron chi connectivity index (χ4n) is 2.08. The summed E-state index contributed by atoms with van der Waals surface area (Å²) in [5, 5.41) is 20.5. The number of nitrogens with zero attached hydrogens (tertiary/aromatic N) is 2. The summed E-state index contributed by atoms with van der Waals surface area (Å²) in [6.45, 7) is 5.00. The van der Waals surface area contributed by atoms with Crippen LogP contribution in [0.3, 0.4) is 0 Å². The summed E-state index contributed by atoms with van der Waals surface area (Å²) in [4.78, 5) is 35.1. The molecule has 0 aromatic heterocycles. The maximum atomic E-state index is 12.1. The van der Waals surface area contributed by atoms with E-state index in [1.165, 1.54) is 32.4 Å². The number of carboxylic acid groups (broad SMARTS) is 1. The van der Waals surface area contributed by atoms with Gasteiger partial charge < -0.3 is 14.6 Å². The Morgan fingerprint density at radius 3 is 2.40 bits per heavy atom. The quantitative estimate of drug-likeness (QED) is 0.615. The highest BCUT2D eigenvalue weighted by molar-refractivity contribution is 5.80. The van der Waals surface area contributed by atoms with E-state index >= 15 is 0 Å². The Morgan fingerprint density at radius 2 is 1.96 bits per heavy atom. The van der Waals surface area contributed by atoms with Crippen molar-refractivity contribution in [2.75, 3.05) is 14.2 Å². The first-order valence-electron chi connectivity index (χ1n) is 7.46. The maximum absolute atomic E-state index is 12.1. The van der Waals surface area contributed by atoms with Crippen LogP contribution in [0.15, 0.2) is 18.2 Å². The molecule has 1 aromatic rings. The average Bonchev–Trinajstić information content (AvgIpc) is 2.49. The lowest BCUT2D eigenvalue weighted by Crippen LogP contribution is -2.46. The van der Waals surface area contributed by atoms with Gasteiger partial charge in [0.15, 0.2) is 5.75 Å². The van der Waals surface area contributed by atoms with Crippen LogP contribution < -0.4 is 4.74 Å². The van der Waals surface area contributed by atoms with E-state index in [-0.39, 0.29) is 17.9 Å². The molecule has 0 aliphatic heterocycles. The van der Waals surface area contributed by atoms with E-state index in [0.29, 0.717) is 5.56 Å². The predicted octanol–water partition coefficient (Wildman–Crippen LogP) is 2.47. The molecule has 0 fully saturated rings. The summed E-state index contributed by atoms with van der Waals surface area (Å²) in [5.41, 5.74) is -0.660. The number of rotatable bonds is 6. The zero-order valence-corrected chi connectivity index (χ0v) is 14.8. The molecule has 9 nitrogen and oxygen atoms in total. The number of carbonyl (C=O) groups is 2. The molecule has 0 spiro atoms. The Balaban J connectivity index is 3.06. The van der Waals surface area contributed by atoms with E-state index < -0.39 is 28.6 Å². The number of methoxy groups -OCH3 is 1. The number of hydrogen-bond acceptors (Lipinski definition) is 6.